The van der Waals surface area contributed by atoms with E-state index in [1.165, 1.54) is 0 Å². The largest absolute Gasteiger partial charge is 0.466 e. The highest BCUT2D eigenvalue weighted by atomic mass is 79.9. The van der Waals surface area contributed by atoms with Crippen LogP contribution in [-0.2, 0) is 9.53 Å². The fourth-order valence-corrected chi connectivity index (χ4v) is 2.46. The van der Waals surface area contributed by atoms with Gasteiger partial charge in [0.2, 0.25) is 0 Å². The summed E-state index contributed by atoms with van der Waals surface area (Å²) in [4.78, 5) is 26.2. The van der Waals surface area contributed by atoms with Crippen molar-refractivity contribution in [1.82, 2.24) is 4.90 Å². The maximum Gasteiger partial charge on any atom is 0.310 e. The van der Waals surface area contributed by atoms with Crippen LogP contribution >= 0.6 is 15.9 Å². The molecule has 1 saturated carbocycles. The van der Waals surface area contributed by atoms with Crippen LogP contribution in [0.3, 0.4) is 0 Å². The molecule has 0 aromatic heterocycles. The molecule has 0 spiro atoms. The average molecular weight is 354 g/mol. The van der Waals surface area contributed by atoms with Crippen LogP contribution < -0.4 is 0 Å². The van der Waals surface area contributed by atoms with E-state index in [0.29, 0.717) is 18.7 Å². The summed E-state index contributed by atoms with van der Waals surface area (Å²) in [7, 11) is 0. The molecule has 21 heavy (non-hydrogen) atoms. The summed E-state index contributed by atoms with van der Waals surface area (Å²) >= 11 is 3.36. The van der Waals surface area contributed by atoms with Crippen LogP contribution in [-0.4, -0.2) is 36.0 Å². The Morgan fingerprint density at radius 3 is 2.48 bits per heavy atom. The standard InChI is InChI=1S/C16H20BrNO3/c1-3-21-16(20)11(2)10-18(14-8-9-14)15(19)12-4-6-13(17)7-5-12/h4-7,11,14H,3,8-10H2,1-2H3. The average Bonchev–Trinajstić information content (AvgIpc) is 3.29. The fraction of sp³-hybridized carbons (Fsp3) is 0.500. The van der Waals surface area contributed by atoms with Gasteiger partial charge < -0.3 is 9.64 Å². The van der Waals surface area contributed by atoms with E-state index >= 15 is 0 Å². The first-order valence-electron chi connectivity index (χ1n) is 7.26. The minimum Gasteiger partial charge on any atom is -0.466 e. The third kappa shape index (κ3) is 4.30. The van der Waals surface area contributed by atoms with Crippen molar-refractivity contribution in [2.75, 3.05) is 13.2 Å². The van der Waals surface area contributed by atoms with Gasteiger partial charge in [-0.15, -0.1) is 0 Å². The Morgan fingerprint density at radius 2 is 1.95 bits per heavy atom. The van der Waals surface area contributed by atoms with Gasteiger partial charge in [-0.25, -0.2) is 0 Å². The zero-order valence-corrected chi connectivity index (χ0v) is 13.9. The summed E-state index contributed by atoms with van der Waals surface area (Å²) in [5, 5.41) is 0. The van der Waals surface area contributed by atoms with E-state index in [2.05, 4.69) is 15.9 Å². The number of ether oxygens (including phenoxy) is 1. The Labute approximate surface area is 133 Å². The Balaban J connectivity index is 2.06. The van der Waals surface area contributed by atoms with Crippen LogP contribution in [0.5, 0.6) is 0 Å². The molecule has 2 rings (SSSR count). The number of benzene rings is 1. The SMILES string of the molecule is CCOC(=O)C(C)CN(C(=O)c1ccc(Br)cc1)C1CC1. The third-order valence-electron chi connectivity index (χ3n) is 3.50. The van der Waals surface area contributed by atoms with Gasteiger partial charge in [0.25, 0.3) is 5.91 Å². The Hall–Kier alpha value is -1.36. The van der Waals surface area contributed by atoms with E-state index < -0.39 is 0 Å². The molecule has 1 aliphatic carbocycles. The van der Waals surface area contributed by atoms with Crippen LogP contribution in [0.25, 0.3) is 0 Å². The van der Waals surface area contributed by atoms with E-state index in [4.69, 9.17) is 4.74 Å². The second kappa shape index (κ2) is 7.07. The van der Waals surface area contributed by atoms with Crippen molar-refractivity contribution in [3.8, 4) is 0 Å². The van der Waals surface area contributed by atoms with Crippen molar-refractivity contribution in [1.29, 1.82) is 0 Å². The minimum atomic E-state index is -0.301. The first kappa shape index (κ1) is 16.0. The van der Waals surface area contributed by atoms with Gasteiger partial charge in [0, 0.05) is 22.6 Å². The number of rotatable bonds is 6. The van der Waals surface area contributed by atoms with E-state index in [1.807, 2.05) is 24.0 Å². The molecule has 1 unspecified atom stereocenters. The molecule has 0 heterocycles. The van der Waals surface area contributed by atoms with Gasteiger partial charge in [0.1, 0.15) is 0 Å². The molecular weight excluding hydrogens is 334 g/mol. The molecule has 1 fully saturated rings. The molecule has 0 N–H and O–H groups in total. The number of amides is 1. The van der Waals surface area contributed by atoms with Crippen molar-refractivity contribution in [2.45, 2.75) is 32.7 Å². The molecule has 1 aromatic carbocycles. The van der Waals surface area contributed by atoms with Crippen molar-refractivity contribution >= 4 is 27.8 Å². The molecule has 1 aromatic rings. The van der Waals surface area contributed by atoms with Crippen molar-refractivity contribution in [3.05, 3.63) is 34.3 Å². The molecule has 0 saturated heterocycles. The van der Waals surface area contributed by atoms with Gasteiger partial charge >= 0.3 is 5.97 Å². The first-order chi connectivity index (χ1) is 10.0. The summed E-state index contributed by atoms with van der Waals surface area (Å²) < 4.78 is 5.96. The van der Waals surface area contributed by atoms with E-state index in [0.717, 1.165) is 17.3 Å². The second-order valence-corrected chi connectivity index (χ2v) is 6.26. The smallest absolute Gasteiger partial charge is 0.310 e. The molecule has 4 nitrogen and oxygen atoms in total. The topological polar surface area (TPSA) is 46.6 Å². The van der Waals surface area contributed by atoms with E-state index in [1.54, 1.807) is 19.1 Å². The summed E-state index contributed by atoms with van der Waals surface area (Å²) in [6, 6.07) is 7.58. The van der Waals surface area contributed by atoms with Crippen molar-refractivity contribution < 1.29 is 14.3 Å². The van der Waals surface area contributed by atoms with Crippen LogP contribution in [0.15, 0.2) is 28.7 Å². The Bertz CT molecular complexity index is 511. The number of hydrogen-bond acceptors (Lipinski definition) is 3. The number of hydrogen-bond donors (Lipinski definition) is 0. The van der Waals surface area contributed by atoms with Crippen LogP contribution in [0, 0.1) is 5.92 Å². The predicted molar refractivity (Wildman–Crippen MR) is 84.0 cm³/mol. The van der Waals surface area contributed by atoms with E-state index in [9.17, 15) is 9.59 Å². The second-order valence-electron chi connectivity index (χ2n) is 5.35. The zero-order chi connectivity index (χ0) is 15.4. The van der Waals surface area contributed by atoms with Gasteiger partial charge in [-0.2, -0.15) is 0 Å². The fourth-order valence-electron chi connectivity index (χ4n) is 2.20. The number of esters is 1. The zero-order valence-electron chi connectivity index (χ0n) is 12.3. The van der Waals surface area contributed by atoms with Gasteiger partial charge in [-0.05, 0) is 44.0 Å². The number of carbonyl (C=O) groups excluding carboxylic acids is 2. The molecule has 1 aliphatic rings. The van der Waals surface area contributed by atoms with Crippen molar-refractivity contribution in [2.24, 2.45) is 5.92 Å². The molecular formula is C16H20BrNO3. The van der Waals surface area contributed by atoms with Gasteiger partial charge in [0.15, 0.2) is 0 Å². The molecule has 0 radical (unpaired) electrons. The van der Waals surface area contributed by atoms with Crippen LogP contribution in [0.4, 0.5) is 0 Å². The Morgan fingerprint density at radius 1 is 1.33 bits per heavy atom. The number of carbonyl (C=O) groups is 2. The summed E-state index contributed by atoms with van der Waals surface area (Å²) in [5.41, 5.74) is 0.654. The normalized spacial score (nSPS) is 15.4. The molecule has 1 atom stereocenters. The monoisotopic (exact) mass is 353 g/mol. The lowest BCUT2D eigenvalue weighted by Crippen LogP contribution is -2.39. The summed E-state index contributed by atoms with van der Waals surface area (Å²) in [5.74, 6) is -0.558. The lowest BCUT2D eigenvalue weighted by atomic mass is 10.1. The Kier molecular flexibility index (Phi) is 5.39. The maximum absolute atomic E-state index is 12.6. The van der Waals surface area contributed by atoms with Gasteiger partial charge in [0.05, 0.1) is 12.5 Å². The van der Waals surface area contributed by atoms with Crippen molar-refractivity contribution in [3.63, 3.8) is 0 Å². The molecule has 114 valence electrons. The minimum absolute atomic E-state index is 0.0128. The summed E-state index contributed by atoms with van der Waals surface area (Å²) in [6.07, 6.45) is 2.02. The van der Waals surface area contributed by atoms with Crippen LogP contribution in [0.1, 0.15) is 37.0 Å². The quantitative estimate of drug-likeness (QED) is 0.737. The summed E-state index contributed by atoms with van der Waals surface area (Å²) in [6.45, 7) is 4.38. The highest BCUT2D eigenvalue weighted by molar-refractivity contribution is 9.10. The van der Waals surface area contributed by atoms with E-state index in [-0.39, 0.29) is 23.8 Å². The van der Waals surface area contributed by atoms with Gasteiger partial charge in [-0.1, -0.05) is 22.9 Å². The highest BCUT2D eigenvalue weighted by Crippen LogP contribution is 2.29. The molecule has 0 bridgehead atoms. The molecule has 5 heteroatoms. The lowest BCUT2D eigenvalue weighted by molar-refractivity contribution is -0.147. The predicted octanol–water partition coefficient (Wildman–Crippen LogP) is 3.25. The third-order valence-corrected chi connectivity index (χ3v) is 4.03. The number of halogens is 1. The maximum atomic E-state index is 12.6. The molecule has 1 amide bonds. The first-order valence-corrected chi connectivity index (χ1v) is 8.05. The van der Waals surface area contributed by atoms with Crippen LogP contribution in [0.2, 0.25) is 0 Å². The lowest BCUT2D eigenvalue weighted by Gasteiger charge is -2.25. The number of nitrogens with zero attached hydrogens (tertiary/aromatic N) is 1. The highest BCUT2D eigenvalue weighted by Gasteiger charge is 2.35. The molecule has 0 aliphatic heterocycles. The van der Waals surface area contributed by atoms with Gasteiger partial charge in [-0.3, -0.25) is 9.59 Å².